The molecule has 29 heavy (non-hydrogen) atoms. The van der Waals surface area contributed by atoms with E-state index in [9.17, 15) is 9.59 Å². The summed E-state index contributed by atoms with van der Waals surface area (Å²) in [4.78, 5) is 32.9. The molecule has 0 saturated carbocycles. The monoisotopic (exact) mass is 432 g/mol. The number of nitrogens with one attached hydrogen (secondary N) is 2. The van der Waals surface area contributed by atoms with Crippen LogP contribution < -0.4 is 10.9 Å². The van der Waals surface area contributed by atoms with Crippen LogP contribution in [-0.4, -0.2) is 32.7 Å². The van der Waals surface area contributed by atoms with Crippen LogP contribution in [0.4, 0.5) is 0 Å². The van der Waals surface area contributed by atoms with E-state index in [1.807, 2.05) is 51.1 Å². The molecule has 0 spiro atoms. The zero-order valence-corrected chi connectivity index (χ0v) is 18.4. The van der Waals surface area contributed by atoms with Gasteiger partial charge in [0.1, 0.15) is 5.52 Å². The predicted molar refractivity (Wildman–Crippen MR) is 119 cm³/mol. The molecule has 0 aliphatic carbocycles. The maximum Gasteiger partial charge on any atom is 0.278 e. The zero-order chi connectivity index (χ0) is 21.0. The molecule has 1 unspecified atom stereocenters. The lowest BCUT2D eigenvalue weighted by molar-refractivity contribution is -0.118. The highest BCUT2D eigenvalue weighted by molar-refractivity contribution is 7.99. The number of aryl methyl sites for hydroxylation is 1. The summed E-state index contributed by atoms with van der Waals surface area (Å²) < 4.78 is 1.68. The van der Waals surface area contributed by atoms with Gasteiger partial charge in [-0.15, -0.1) is 0 Å². The van der Waals surface area contributed by atoms with Crippen LogP contribution in [0, 0.1) is 6.92 Å². The third kappa shape index (κ3) is 5.22. The molecule has 0 aliphatic rings. The number of carbonyl (C=O) groups is 1. The average molecular weight is 433 g/mol. The first-order valence-electron chi connectivity index (χ1n) is 9.64. The highest BCUT2D eigenvalue weighted by atomic mass is 35.5. The van der Waals surface area contributed by atoms with E-state index in [0.717, 1.165) is 24.1 Å². The Morgan fingerprint density at radius 2 is 2.07 bits per heavy atom. The van der Waals surface area contributed by atoms with Gasteiger partial charge in [-0.3, -0.25) is 14.2 Å². The van der Waals surface area contributed by atoms with Crippen LogP contribution >= 0.6 is 23.4 Å². The van der Waals surface area contributed by atoms with E-state index < -0.39 is 0 Å². The van der Waals surface area contributed by atoms with Crippen molar-refractivity contribution in [2.24, 2.45) is 0 Å². The van der Waals surface area contributed by atoms with Crippen molar-refractivity contribution in [1.29, 1.82) is 0 Å². The number of hydrogen-bond acceptors (Lipinski definition) is 4. The summed E-state index contributed by atoms with van der Waals surface area (Å²) in [6.07, 6.45) is 1.53. The van der Waals surface area contributed by atoms with E-state index in [0.29, 0.717) is 27.8 Å². The quantitative estimate of drug-likeness (QED) is 0.414. The van der Waals surface area contributed by atoms with Crippen molar-refractivity contribution in [3.8, 4) is 0 Å². The average Bonchev–Trinajstić information content (AvgIpc) is 3.08. The maximum atomic E-state index is 12.9. The largest absolute Gasteiger partial charge is 0.355 e. The van der Waals surface area contributed by atoms with Gasteiger partial charge in [0.2, 0.25) is 5.91 Å². The molecule has 2 aromatic heterocycles. The Bertz CT molecular complexity index is 1060. The van der Waals surface area contributed by atoms with E-state index >= 15 is 0 Å². The van der Waals surface area contributed by atoms with Crippen molar-refractivity contribution >= 4 is 40.3 Å². The van der Waals surface area contributed by atoms with E-state index in [1.54, 1.807) is 4.57 Å². The molecule has 0 saturated heterocycles. The van der Waals surface area contributed by atoms with Gasteiger partial charge in [-0.2, -0.15) is 0 Å². The summed E-state index contributed by atoms with van der Waals surface area (Å²) in [6.45, 7) is 6.46. The second kappa shape index (κ2) is 9.50. The Balaban J connectivity index is 1.66. The fourth-order valence-electron chi connectivity index (χ4n) is 3.04. The number of nitrogens with zero attached hydrogens (tertiary/aromatic N) is 2. The van der Waals surface area contributed by atoms with Gasteiger partial charge in [0.15, 0.2) is 5.16 Å². The number of carbonyl (C=O) groups excluding carboxylic acids is 1. The van der Waals surface area contributed by atoms with Gasteiger partial charge in [0, 0.05) is 23.3 Å². The third-order valence-corrected chi connectivity index (χ3v) is 6.00. The number of halogens is 1. The van der Waals surface area contributed by atoms with E-state index in [4.69, 9.17) is 11.6 Å². The van der Waals surface area contributed by atoms with Crippen LogP contribution in [0.15, 0.2) is 40.3 Å². The summed E-state index contributed by atoms with van der Waals surface area (Å²) in [7, 11) is 0. The number of benzene rings is 1. The smallest absolute Gasteiger partial charge is 0.278 e. The molecule has 8 heteroatoms. The summed E-state index contributed by atoms with van der Waals surface area (Å²) >= 11 is 7.18. The van der Waals surface area contributed by atoms with Crippen molar-refractivity contribution < 1.29 is 4.79 Å². The Labute approximate surface area is 179 Å². The topological polar surface area (TPSA) is 79.8 Å². The van der Waals surface area contributed by atoms with E-state index in [1.165, 1.54) is 11.8 Å². The van der Waals surface area contributed by atoms with Crippen molar-refractivity contribution in [3.63, 3.8) is 0 Å². The molecule has 3 aromatic rings. The number of rotatable bonds is 8. The molecule has 6 nitrogen and oxygen atoms in total. The van der Waals surface area contributed by atoms with Gasteiger partial charge in [-0.25, -0.2) is 4.98 Å². The molecular formula is C21H25ClN4O2S. The Kier molecular flexibility index (Phi) is 7.03. The highest BCUT2D eigenvalue weighted by Gasteiger charge is 2.17. The maximum absolute atomic E-state index is 12.9. The minimum atomic E-state index is -0.0944. The van der Waals surface area contributed by atoms with Crippen LogP contribution in [-0.2, 0) is 11.2 Å². The van der Waals surface area contributed by atoms with E-state index in [2.05, 4.69) is 15.3 Å². The van der Waals surface area contributed by atoms with Gasteiger partial charge in [0.05, 0.1) is 11.3 Å². The number of fused-ring (bicyclic) bond motifs is 1. The van der Waals surface area contributed by atoms with Crippen molar-refractivity contribution in [2.45, 2.75) is 44.8 Å². The number of aromatic amines is 1. The van der Waals surface area contributed by atoms with Gasteiger partial charge < -0.3 is 10.3 Å². The summed E-state index contributed by atoms with van der Waals surface area (Å²) in [6, 6.07) is 9.44. The normalized spacial score (nSPS) is 12.3. The van der Waals surface area contributed by atoms with Crippen molar-refractivity contribution in [3.05, 3.63) is 57.0 Å². The number of thioether (sulfide) groups is 1. The summed E-state index contributed by atoms with van der Waals surface area (Å²) in [5.41, 5.74) is 3.06. The number of amides is 1. The molecule has 154 valence electrons. The van der Waals surface area contributed by atoms with Crippen molar-refractivity contribution in [2.75, 3.05) is 12.3 Å². The van der Waals surface area contributed by atoms with Gasteiger partial charge in [-0.1, -0.05) is 42.4 Å². The van der Waals surface area contributed by atoms with Gasteiger partial charge in [0.25, 0.3) is 5.56 Å². The second-order valence-corrected chi connectivity index (χ2v) is 8.43. The minimum absolute atomic E-state index is 0.00141. The van der Waals surface area contributed by atoms with Crippen LogP contribution in [0.2, 0.25) is 5.02 Å². The molecule has 1 amide bonds. The first kappa shape index (κ1) is 21.5. The first-order chi connectivity index (χ1) is 13.9. The third-order valence-electron chi connectivity index (χ3n) is 4.80. The fraction of sp³-hybridized carbons (Fsp3) is 0.381. The van der Waals surface area contributed by atoms with E-state index in [-0.39, 0.29) is 23.3 Å². The lowest BCUT2D eigenvalue weighted by atomic mass is 10.1. The molecule has 0 radical (unpaired) electrons. The predicted octanol–water partition coefficient (Wildman–Crippen LogP) is 4.11. The molecule has 0 bridgehead atoms. The number of aromatic nitrogens is 3. The van der Waals surface area contributed by atoms with Gasteiger partial charge in [-0.05, 0) is 50.5 Å². The van der Waals surface area contributed by atoms with Crippen molar-refractivity contribution in [1.82, 2.24) is 19.9 Å². The lowest BCUT2D eigenvalue weighted by Gasteiger charge is -2.17. The van der Waals surface area contributed by atoms with Gasteiger partial charge >= 0.3 is 0 Å². The van der Waals surface area contributed by atoms with Crippen LogP contribution in [0.25, 0.3) is 11.0 Å². The number of H-pyrrole nitrogens is 1. The lowest BCUT2D eigenvalue weighted by Crippen LogP contribution is -2.29. The molecule has 2 N–H and O–H groups in total. The molecule has 0 fully saturated rings. The number of hydrogen-bond donors (Lipinski definition) is 2. The Morgan fingerprint density at radius 1 is 1.34 bits per heavy atom. The Morgan fingerprint density at radius 3 is 2.76 bits per heavy atom. The highest BCUT2D eigenvalue weighted by Crippen LogP contribution is 2.22. The van der Waals surface area contributed by atoms with Crippen LogP contribution in [0.1, 0.15) is 37.6 Å². The summed E-state index contributed by atoms with van der Waals surface area (Å²) in [5.74, 6) is 0.123. The van der Waals surface area contributed by atoms with Crippen LogP contribution in [0.3, 0.4) is 0 Å². The first-order valence-corrected chi connectivity index (χ1v) is 11.0. The van der Waals surface area contributed by atoms with Crippen LogP contribution in [0.5, 0.6) is 0 Å². The molecule has 1 aromatic carbocycles. The molecule has 2 heterocycles. The SMILES string of the molecule is CCC(C)n1c(SCC(=O)NCCc2ccc(Cl)cc2)nc2cc(C)[nH]c2c1=O. The molecular weight excluding hydrogens is 408 g/mol. The molecule has 0 aliphatic heterocycles. The Hall–Kier alpha value is -2.25. The zero-order valence-electron chi connectivity index (χ0n) is 16.8. The minimum Gasteiger partial charge on any atom is -0.355 e. The second-order valence-electron chi connectivity index (χ2n) is 7.05. The fourth-order valence-corrected chi connectivity index (χ4v) is 4.09. The standard InChI is InChI=1S/C21H25ClN4O2S/c1-4-14(3)26-20(28)19-17(11-13(2)24-19)25-21(26)29-12-18(27)23-10-9-15-5-7-16(22)8-6-15/h5-8,11,14,24H,4,9-10,12H2,1-3H3,(H,23,27). The molecule has 3 rings (SSSR count). The molecule has 1 atom stereocenters. The summed E-state index contributed by atoms with van der Waals surface area (Å²) in [5, 5.41) is 4.19.